The Morgan fingerprint density at radius 3 is 2.44 bits per heavy atom. The van der Waals surface area contributed by atoms with Gasteiger partial charge in [-0.15, -0.1) is 0 Å². The van der Waals surface area contributed by atoms with Gasteiger partial charge in [-0.25, -0.2) is 0 Å². The molecule has 2 aromatic heterocycles. The number of aromatic nitrogens is 3. The van der Waals surface area contributed by atoms with Crippen molar-refractivity contribution in [1.29, 1.82) is 0 Å². The molecule has 0 aliphatic carbocycles. The van der Waals surface area contributed by atoms with Crippen LogP contribution in [-0.4, -0.2) is 19.6 Å². The summed E-state index contributed by atoms with van der Waals surface area (Å²) in [4.78, 5) is 14.7. The van der Waals surface area contributed by atoms with E-state index in [1.165, 1.54) is 12.1 Å². The maximum atomic E-state index is 10.7. The van der Waals surface area contributed by atoms with Gasteiger partial charge >= 0.3 is 0 Å². The van der Waals surface area contributed by atoms with Crippen molar-refractivity contribution in [3.8, 4) is 28.5 Å². The van der Waals surface area contributed by atoms with Crippen LogP contribution < -0.4 is 0 Å². The third-order valence-electron chi connectivity index (χ3n) is 3.76. The largest absolute Gasteiger partial charge is 0.334 e. The molecule has 0 N–H and O–H groups in total. The van der Waals surface area contributed by atoms with Gasteiger partial charge in [-0.1, -0.05) is 17.3 Å². The molecule has 0 aliphatic rings. The molecule has 0 amide bonds. The van der Waals surface area contributed by atoms with Crippen LogP contribution in [0.2, 0.25) is 0 Å². The van der Waals surface area contributed by atoms with Gasteiger partial charge in [0, 0.05) is 41.3 Å². The third kappa shape index (κ3) is 2.90. The van der Waals surface area contributed by atoms with Crippen LogP contribution in [-0.2, 0) is 0 Å². The van der Waals surface area contributed by atoms with Gasteiger partial charge < -0.3 is 9.09 Å². The SMILES string of the molecule is O=[N+]([O-])c1ccc(-c2nc(-c3cccc(-n4cccc4)c3)no2)cc1. The molecule has 4 aromatic rings. The summed E-state index contributed by atoms with van der Waals surface area (Å²) >= 11 is 0. The van der Waals surface area contributed by atoms with Crippen molar-refractivity contribution in [2.45, 2.75) is 0 Å². The number of hydrogen-bond acceptors (Lipinski definition) is 5. The molecule has 7 heteroatoms. The summed E-state index contributed by atoms with van der Waals surface area (Å²) in [6.45, 7) is 0. The molecule has 2 heterocycles. The van der Waals surface area contributed by atoms with Gasteiger partial charge in [0.25, 0.3) is 11.6 Å². The first-order valence-corrected chi connectivity index (χ1v) is 7.53. The fraction of sp³-hybridized carbons (Fsp3) is 0. The number of rotatable bonds is 4. The number of nitrogens with zero attached hydrogens (tertiary/aromatic N) is 4. The lowest BCUT2D eigenvalue weighted by molar-refractivity contribution is -0.384. The second kappa shape index (κ2) is 6.04. The van der Waals surface area contributed by atoms with Crippen LogP contribution in [0.15, 0.2) is 77.6 Å². The Balaban J connectivity index is 1.65. The Labute approximate surface area is 142 Å². The molecular formula is C18H12N4O3. The van der Waals surface area contributed by atoms with Gasteiger partial charge in [-0.2, -0.15) is 4.98 Å². The predicted molar refractivity (Wildman–Crippen MR) is 91.2 cm³/mol. The van der Waals surface area contributed by atoms with E-state index in [4.69, 9.17) is 4.52 Å². The van der Waals surface area contributed by atoms with Crippen molar-refractivity contribution in [3.63, 3.8) is 0 Å². The van der Waals surface area contributed by atoms with E-state index in [0.717, 1.165) is 11.3 Å². The van der Waals surface area contributed by atoms with Crippen molar-refractivity contribution in [2.75, 3.05) is 0 Å². The first-order chi connectivity index (χ1) is 12.2. The minimum Gasteiger partial charge on any atom is -0.334 e. The topological polar surface area (TPSA) is 87.0 Å². The van der Waals surface area contributed by atoms with Crippen molar-refractivity contribution >= 4 is 5.69 Å². The molecule has 0 fully saturated rings. The molecule has 4 rings (SSSR count). The molecule has 0 radical (unpaired) electrons. The fourth-order valence-electron chi connectivity index (χ4n) is 2.50. The Bertz CT molecular complexity index is 1020. The number of non-ortho nitro benzene ring substituents is 1. The van der Waals surface area contributed by atoms with Crippen LogP contribution in [0.3, 0.4) is 0 Å². The molecule has 0 spiro atoms. The van der Waals surface area contributed by atoms with Crippen LogP contribution in [0.4, 0.5) is 5.69 Å². The van der Waals surface area contributed by atoms with Crippen LogP contribution in [0.1, 0.15) is 0 Å². The summed E-state index contributed by atoms with van der Waals surface area (Å²) in [7, 11) is 0. The van der Waals surface area contributed by atoms with Crippen molar-refractivity contribution < 1.29 is 9.45 Å². The normalized spacial score (nSPS) is 10.7. The first-order valence-electron chi connectivity index (χ1n) is 7.53. The summed E-state index contributed by atoms with van der Waals surface area (Å²) in [5.74, 6) is 0.777. The van der Waals surface area contributed by atoms with E-state index in [9.17, 15) is 10.1 Å². The van der Waals surface area contributed by atoms with Gasteiger partial charge in [0.2, 0.25) is 5.82 Å². The van der Waals surface area contributed by atoms with Crippen LogP contribution >= 0.6 is 0 Å². The summed E-state index contributed by atoms with van der Waals surface area (Å²) in [5.41, 5.74) is 2.46. The van der Waals surface area contributed by atoms with Crippen LogP contribution in [0.25, 0.3) is 28.5 Å². The Morgan fingerprint density at radius 1 is 0.960 bits per heavy atom. The number of benzene rings is 2. The van der Waals surface area contributed by atoms with E-state index in [-0.39, 0.29) is 5.69 Å². The van der Waals surface area contributed by atoms with E-state index in [1.807, 2.05) is 53.4 Å². The van der Waals surface area contributed by atoms with Gasteiger partial charge in [-0.3, -0.25) is 10.1 Å². The molecule has 0 atom stereocenters. The smallest absolute Gasteiger partial charge is 0.269 e. The second-order valence-corrected chi connectivity index (χ2v) is 5.37. The van der Waals surface area contributed by atoms with Crippen molar-refractivity contribution in [3.05, 3.63) is 83.2 Å². The molecule has 0 saturated heterocycles. The molecule has 0 unspecified atom stereocenters. The Hall–Kier alpha value is -3.74. The highest BCUT2D eigenvalue weighted by atomic mass is 16.6. The van der Waals surface area contributed by atoms with Crippen molar-refractivity contribution in [1.82, 2.24) is 14.7 Å². The highest BCUT2D eigenvalue weighted by Crippen LogP contribution is 2.25. The molecule has 0 aliphatic heterocycles. The number of nitro benzene ring substituents is 1. The van der Waals surface area contributed by atoms with Crippen molar-refractivity contribution in [2.24, 2.45) is 0 Å². The maximum absolute atomic E-state index is 10.7. The molecule has 25 heavy (non-hydrogen) atoms. The summed E-state index contributed by atoms with van der Waals surface area (Å²) < 4.78 is 7.29. The first kappa shape index (κ1) is 14.8. The predicted octanol–water partition coefficient (Wildman–Crippen LogP) is 4.10. The Morgan fingerprint density at radius 2 is 1.72 bits per heavy atom. The lowest BCUT2D eigenvalue weighted by atomic mass is 10.2. The zero-order valence-corrected chi connectivity index (χ0v) is 12.9. The minimum atomic E-state index is -0.449. The van der Waals surface area contributed by atoms with E-state index in [1.54, 1.807) is 12.1 Å². The van der Waals surface area contributed by atoms with Crippen LogP contribution in [0, 0.1) is 10.1 Å². The molecule has 0 saturated carbocycles. The van der Waals surface area contributed by atoms with Gasteiger partial charge in [0.15, 0.2) is 0 Å². The average molecular weight is 332 g/mol. The van der Waals surface area contributed by atoms with Gasteiger partial charge in [0.1, 0.15) is 0 Å². The van der Waals surface area contributed by atoms with E-state index in [2.05, 4.69) is 10.1 Å². The summed E-state index contributed by atoms with van der Waals surface area (Å²) in [5, 5.41) is 14.7. The molecule has 0 bridgehead atoms. The molecule has 7 nitrogen and oxygen atoms in total. The van der Waals surface area contributed by atoms with Gasteiger partial charge in [0.05, 0.1) is 4.92 Å². The molecule has 2 aromatic carbocycles. The summed E-state index contributed by atoms with van der Waals surface area (Å²) in [6, 6.07) is 17.7. The van der Waals surface area contributed by atoms with E-state index >= 15 is 0 Å². The second-order valence-electron chi connectivity index (χ2n) is 5.37. The molecular weight excluding hydrogens is 320 g/mol. The standard InChI is InChI=1S/C18H12N4O3/c23-22(24)15-8-6-13(7-9-15)18-19-17(20-25-18)14-4-3-5-16(12-14)21-10-1-2-11-21/h1-12H. The van der Waals surface area contributed by atoms with E-state index in [0.29, 0.717) is 17.3 Å². The highest BCUT2D eigenvalue weighted by molar-refractivity contribution is 5.62. The number of hydrogen-bond donors (Lipinski definition) is 0. The quantitative estimate of drug-likeness (QED) is 0.415. The molecule has 122 valence electrons. The lowest BCUT2D eigenvalue weighted by Crippen LogP contribution is -1.90. The van der Waals surface area contributed by atoms with E-state index < -0.39 is 4.92 Å². The zero-order valence-electron chi connectivity index (χ0n) is 12.9. The maximum Gasteiger partial charge on any atom is 0.269 e. The average Bonchev–Trinajstić information content (AvgIpc) is 3.34. The Kier molecular flexibility index (Phi) is 3.59. The highest BCUT2D eigenvalue weighted by Gasteiger charge is 2.13. The summed E-state index contributed by atoms with van der Waals surface area (Å²) in [6.07, 6.45) is 3.91. The number of nitro groups is 1. The third-order valence-corrected chi connectivity index (χ3v) is 3.76. The fourth-order valence-corrected chi connectivity index (χ4v) is 2.50. The van der Waals surface area contributed by atoms with Gasteiger partial charge in [-0.05, 0) is 36.4 Å². The monoisotopic (exact) mass is 332 g/mol. The lowest BCUT2D eigenvalue weighted by Gasteiger charge is -2.03. The van der Waals surface area contributed by atoms with Crippen LogP contribution in [0.5, 0.6) is 0 Å². The zero-order chi connectivity index (χ0) is 17.2. The minimum absolute atomic E-state index is 0.0166.